The molecule has 2 heterocycles. The Hall–Kier alpha value is -1.60. The number of hydrogen-bond donors (Lipinski definition) is 0. The van der Waals surface area contributed by atoms with Gasteiger partial charge in [-0.05, 0) is 12.1 Å². The molecular weight excluding hydrogens is 314 g/mol. The van der Waals surface area contributed by atoms with Crippen molar-refractivity contribution in [1.29, 1.82) is 0 Å². The van der Waals surface area contributed by atoms with Crippen LogP contribution >= 0.6 is 11.8 Å². The van der Waals surface area contributed by atoms with Crippen LogP contribution in [-0.4, -0.2) is 64.5 Å². The number of carbonyl (C=O) groups excluding carboxylic acids is 2. The van der Waals surface area contributed by atoms with E-state index in [-0.39, 0.29) is 17.9 Å². The highest BCUT2D eigenvalue weighted by Gasteiger charge is 2.36. The summed E-state index contributed by atoms with van der Waals surface area (Å²) in [6.45, 7) is 3.20. The fraction of sp³-hybridized carbons (Fsp3) is 0.562. The zero-order valence-corrected chi connectivity index (χ0v) is 14.4. The summed E-state index contributed by atoms with van der Waals surface area (Å²) in [7, 11) is 1.61. The van der Waals surface area contributed by atoms with Gasteiger partial charge in [0.2, 0.25) is 11.8 Å². The molecule has 1 aromatic rings. The number of methoxy groups -OCH3 is 1. The maximum absolute atomic E-state index is 12.9. The monoisotopic (exact) mass is 337 g/mol. The maximum Gasteiger partial charge on any atom is 0.246 e. The molecule has 1 fully saturated rings. The summed E-state index contributed by atoms with van der Waals surface area (Å²) in [6.07, 6.45) is 2.13. The van der Waals surface area contributed by atoms with Crippen molar-refractivity contribution in [3.8, 4) is 0 Å². The zero-order valence-electron chi connectivity index (χ0n) is 13.6. The molecule has 2 rings (SSSR count). The average molecular weight is 337 g/mol. The van der Waals surface area contributed by atoms with Crippen molar-refractivity contribution < 1.29 is 14.3 Å². The van der Waals surface area contributed by atoms with Crippen molar-refractivity contribution in [3.05, 3.63) is 30.1 Å². The number of aromatic nitrogens is 1. The summed E-state index contributed by atoms with van der Waals surface area (Å²) in [6, 6.07) is 5.26. The number of hydrogen-bond acceptors (Lipinski definition) is 5. The second-order valence-electron chi connectivity index (χ2n) is 5.31. The SMILES string of the molecule is CCC(=O)N1CSC[C@@H]1C(=O)N(CCOC)Cc1ccccn1. The van der Waals surface area contributed by atoms with Gasteiger partial charge in [0.25, 0.3) is 0 Å². The summed E-state index contributed by atoms with van der Waals surface area (Å²) in [5, 5.41) is 0. The molecule has 1 atom stereocenters. The van der Waals surface area contributed by atoms with Crippen LogP contribution in [0.5, 0.6) is 0 Å². The lowest BCUT2D eigenvalue weighted by Gasteiger charge is -2.29. The fourth-order valence-electron chi connectivity index (χ4n) is 2.46. The van der Waals surface area contributed by atoms with Crippen molar-refractivity contribution >= 4 is 23.6 Å². The predicted octanol–water partition coefficient (Wildman–Crippen LogP) is 1.37. The van der Waals surface area contributed by atoms with Gasteiger partial charge >= 0.3 is 0 Å². The van der Waals surface area contributed by atoms with E-state index in [1.807, 2.05) is 25.1 Å². The molecule has 1 aromatic heterocycles. The molecule has 2 amide bonds. The van der Waals surface area contributed by atoms with Crippen LogP contribution in [-0.2, 0) is 20.9 Å². The summed E-state index contributed by atoms with van der Waals surface area (Å²) in [5.41, 5.74) is 0.830. The second kappa shape index (κ2) is 8.88. The first-order chi connectivity index (χ1) is 11.2. The van der Waals surface area contributed by atoms with Crippen LogP contribution in [0, 0.1) is 0 Å². The van der Waals surface area contributed by atoms with E-state index in [1.54, 1.807) is 34.9 Å². The molecule has 1 aliphatic rings. The topological polar surface area (TPSA) is 62.7 Å². The Morgan fingerprint density at radius 2 is 2.30 bits per heavy atom. The highest BCUT2D eigenvalue weighted by molar-refractivity contribution is 7.99. The Kier molecular flexibility index (Phi) is 6.85. The van der Waals surface area contributed by atoms with E-state index in [0.717, 1.165) is 5.69 Å². The van der Waals surface area contributed by atoms with Crippen molar-refractivity contribution in [2.75, 3.05) is 31.9 Å². The van der Waals surface area contributed by atoms with Gasteiger partial charge in [0.15, 0.2) is 0 Å². The lowest BCUT2D eigenvalue weighted by Crippen LogP contribution is -2.49. The first-order valence-electron chi connectivity index (χ1n) is 7.72. The van der Waals surface area contributed by atoms with Gasteiger partial charge in [0.1, 0.15) is 6.04 Å². The summed E-state index contributed by atoms with van der Waals surface area (Å²) >= 11 is 1.62. The molecule has 126 valence electrons. The van der Waals surface area contributed by atoms with E-state index in [4.69, 9.17) is 4.74 Å². The number of amides is 2. The van der Waals surface area contributed by atoms with Crippen LogP contribution in [0.2, 0.25) is 0 Å². The van der Waals surface area contributed by atoms with Gasteiger partial charge in [0, 0.05) is 32.0 Å². The third-order valence-electron chi connectivity index (χ3n) is 3.75. The minimum Gasteiger partial charge on any atom is -0.383 e. The van der Waals surface area contributed by atoms with Crippen molar-refractivity contribution in [1.82, 2.24) is 14.8 Å². The van der Waals surface area contributed by atoms with Gasteiger partial charge in [-0.2, -0.15) is 0 Å². The minimum absolute atomic E-state index is 0.0258. The molecule has 1 saturated heterocycles. The van der Waals surface area contributed by atoms with E-state index >= 15 is 0 Å². The lowest BCUT2D eigenvalue weighted by molar-refractivity contribution is -0.144. The van der Waals surface area contributed by atoms with E-state index in [1.165, 1.54) is 0 Å². The Labute approximate surface area is 141 Å². The molecule has 6 nitrogen and oxygen atoms in total. The quantitative estimate of drug-likeness (QED) is 0.752. The highest BCUT2D eigenvalue weighted by atomic mass is 32.2. The molecule has 0 aliphatic carbocycles. The van der Waals surface area contributed by atoms with Crippen molar-refractivity contribution in [2.45, 2.75) is 25.9 Å². The minimum atomic E-state index is -0.381. The van der Waals surface area contributed by atoms with E-state index in [9.17, 15) is 9.59 Å². The third kappa shape index (κ3) is 4.68. The summed E-state index contributed by atoms with van der Waals surface area (Å²) < 4.78 is 5.12. The first kappa shape index (κ1) is 17.7. The van der Waals surface area contributed by atoms with Crippen LogP contribution in [0.3, 0.4) is 0 Å². The van der Waals surface area contributed by atoms with Gasteiger partial charge in [-0.3, -0.25) is 14.6 Å². The molecule has 0 radical (unpaired) electrons. The first-order valence-corrected chi connectivity index (χ1v) is 8.87. The van der Waals surface area contributed by atoms with Gasteiger partial charge in [-0.25, -0.2) is 0 Å². The van der Waals surface area contributed by atoms with Gasteiger partial charge in [0.05, 0.1) is 24.7 Å². The number of rotatable bonds is 7. The normalized spacial score (nSPS) is 17.3. The molecule has 0 aromatic carbocycles. The van der Waals surface area contributed by atoms with Crippen LogP contribution in [0.15, 0.2) is 24.4 Å². The molecule has 0 unspecified atom stereocenters. The van der Waals surface area contributed by atoms with Crippen LogP contribution < -0.4 is 0 Å². The molecule has 0 saturated carbocycles. The van der Waals surface area contributed by atoms with Crippen LogP contribution in [0.4, 0.5) is 0 Å². The Morgan fingerprint density at radius 3 is 2.96 bits per heavy atom. The molecule has 0 bridgehead atoms. The number of carbonyl (C=O) groups is 2. The largest absolute Gasteiger partial charge is 0.383 e. The smallest absolute Gasteiger partial charge is 0.246 e. The van der Waals surface area contributed by atoms with Crippen LogP contribution in [0.25, 0.3) is 0 Å². The van der Waals surface area contributed by atoms with Crippen molar-refractivity contribution in [3.63, 3.8) is 0 Å². The number of ether oxygens (including phenoxy) is 1. The molecular formula is C16H23N3O3S. The average Bonchev–Trinajstić information content (AvgIpc) is 3.07. The van der Waals surface area contributed by atoms with Gasteiger partial charge in [-0.1, -0.05) is 13.0 Å². The van der Waals surface area contributed by atoms with E-state index < -0.39 is 0 Å². The standard InChI is InChI=1S/C16H23N3O3S/c1-3-15(20)19-12-23-11-14(19)16(21)18(8-9-22-2)10-13-6-4-5-7-17-13/h4-7,14H,3,8-12H2,1-2H3/t14-/m1/s1. The number of thioether (sulfide) groups is 1. The lowest BCUT2D eigenvalue weighted by atomic mass is 10.2. The zero-order chi connectivity index (χ0) is 16.7. The molecule has 0 spiro atoms. The summed E-state index contributed by atoms with van der Waals surface area (Å²) in [5.74, 6) is 1.23. The fourth-order valence-corrected chi connectivity index (χ4v) is 3.63. The predicted molar refractivity (Wildman–Crippen MR) is 89.8 cm³/mol. The van der Waals surface area contributed by atoms with E-state index in [0.29, 0.717) is 37.7 Å². The Bertz CT molecular complexity index is 527. The third-order valence-corrected chi connectivity index (χ3v) is 4.76. The maximum atomic E-state index is 12.9. The number of nitrogens with zero attached hydrogens (tertiary/aromatic N) is 3. The second-order valence-corrected chi connectivity index (χ2v) is 6.31. The van der Waals surface area contributed by atoms with E-state index in [2.05, 4.69) is 4.98 Å². The van der Waals surface area contributed by atoms with Crippen molar-refractivity contribution in [2.24, 2.45) is 0 Å². The molecule has 1 aliphatic heterocycles. The molecule has 0 N–H and O–H groups in total. The molecule has 7 heteroatoms. The Balaban J connectivity index is 2.10. The van der Waals surface area contributed by atoms with Gasteiger partial charge < -0.3 is 14.5 Å². The number of pyridine rings is 1. The summed E-state index contributed by atoms with van der Waals surface area (Å²) in [4.78, 5) is 32.7. The van der Waals surface area contributed by atoms with Gasteiger partial charge in [-0.15, -0.1) is 11.8 Å². The highest BCUT2D eigenvalue weighted by Crippen LogP contribution is 2.23. The Morgan fingerprint density at radius 1 is 1.48 bits per heavy atom. The van der Waals surface area contributed by atoms with Crippen LogP contribution in [0.1, 0.15) is 19.0 Å². The molecule has 23 heavy (non-hydrogen) atoms.